The highest BCUT2D eigenvalue weighted by Gasteiger charge is 2.26. The highest BCUT2D eigenvalue weighted by Crippen LogP contribution is 2.37. The molecule has 0 aliphatic carbocycles. The Morgan fingerprint density at radius 3 is 2.65 bits per heavy atom. The Balaban J connectivity index is 2.64. The molecule has 0 saturated heterocycles. The fourth-order valence-electron chi connectivity index (χ4n) is 2.55. The number of nitrogens with two attached hydrogens (primary N) is 1. The number of nitrogen functional groups attached to an aromatic ring is 1. The van der Waals surface area contributed by atoms with Crippen molar-refractivity contribution < 1.29 is 14.3 Å². The zero-order valence-corrected chi connectivity index (χ0v) is 14.1. The number of rotatable bonds is 5. The molecule has 0 amide bonds. The molecule has 2 N–H and O–H groups in total. The number of carbonyl (C=O) groups excluding carboxylic acids is 1. The summed E-state index contributed by atoms with van der Waals surface area (Å²) in [7, 11) is 2.88. The van der Waals surface area contributed by atoms with Crippen LogP contribution in [0, 0.1) is 6.92 Å². The van der Waals surface area contributed by atoms with Crippen LogP contribution in [0.5, 0.6) is 0 Å². The van der Waals surface area contributed by atoms with E-state index in [1.807, 2.05) is 31.2 Å². The number of benzene rings is 1. The largest absolute Gasteiger partial charge is 0.468 e. The third-order valence-corrected chi connectivity index (χ3v) is 3.83. The number of halogens is 1. The van der Waals surface area contributed by atoms with Gasteiger partial charge in [0.25, 0.3) is 0 Å². The molecule has 1 aromatic carbocycles. The molecule has 0 radical (unpaired) electrons. The Morgan fingerprint density at radius 1 is 1.35 bits per heavy atom. The monoisotopic (exact) mass is 334 g/mol. The standard InChI is InChI=1S/C17H19ClN2O3/c1-10-8-14(19)15(16(18)20-10)12-7-5-4-6-11(12)13(9-22-2)17(21)23-3/h4-8,13H,9H2,1-3H3,(H2,19,20). The molecule has 122 valence electrons. The van der Waals surface area contributed by atoms with Crippen molar-refractivity contribution in [2.45, 2.75) is 12.8 Å². The van der Waals surface area contributed by atoms with Gasteiger partial charge in [-0.05, 0) is 24.1 Å². The maximum absolute atomic E-state index is 12.1. The lowest BCUT2D eigenvalue weighted by molar-refractivity contribution is -0.143. The fourth-order valence-corrected chi connectivity index (χ4v) is 2.89. The van der Waals surface area contributed by atoms with Crippen LogP contribution in [0.3, 0.4) is 0 Å². The van der Waals surface area contributed by atoms with Gasteiger partial charge in [0.1, 0.15) is 11.1 Å². The van der Waals surface area contributed by atoms with E-state index in [0.29, 0.717) is 16.4 Å². The maximum atomic E-state index is 12.1. The number of ether oxygens (including phenoxy) is 2. The molecular formula is C17H19ClN2O3. The molecule has 0 spiro atoms. The highest BCUT2D eigenvalue weighted by atomic mass is 35.5. The van der Waals surface area contributed by atoms with Gasteiger partial charge in [-0.25, -0.2) is 4.98 Å². The third kappa shape index (κ3) is 3.63. The van der Waals surface area contributed by atoms with Crippen molar-refractivity contribution in [2.75, 3.05) is 26.6 Å². The van der Waals surface area contributed by atoms with Gasteiger partial charge in [-0.2, -0.15) is 0 Å². The fraction of sp³-hybridized carbons (Fsp3) is 0.294. The first kappa shape index (κ1) is 17.2. The Bertz CT molecular complexity index is 696. The minimum Gasteiger partial charge on any atom is -0.468 e. The second-order valence-corrected chi connectivity index (χ2v) is 5.50. The third-order valence-electron chi connectivity index (χ3n) is 3.56. The summed E-state index contributed by atoms with van der Waals surface area (Å²) in [5, 5.41) is 0.302. The number of hydrogen-bond donors (Lipinski definition) is 1. The number of methoxy groups -OCH3 is 2. The highest BCUT2D eigenvalue weighted by molar-refractivity contribution is 6.32. The van der Waals surface area contributed by atoms with E-state index in [1.54, 1.807) is 6.07 Å². The van der Waals surface area contributed by atoms with Gasteiger partial charge in [-0.3, -0.25) is 4.79 Å². The van der Waals surface area contributed by atoms with Crippen molar-refractivity contribution in [2.24, 2.45) is 0 Å². The molecular weight excluding hydrogens is 316 g/mol. The van der Waals surface area contributed by atoms with E-state index in [9.17, 15) is 4.79 Å². The van der Waals surface area contributed by atoms with Gasteiger partial charge in [-0.1, -0.05) is 35.9 Å². The normalized spacial score (nSPS) is 12.0. The van der Waals surface area contributed by atoms with E-state index in [1.165, 1.54) is 14.2 Å². The summed E-state index contributed by atoms with van der Waals surface area (Å²) in [6.45, 7) is 2.01. The van der Waals surface area contributed by atoms with Gasteiger partial charge in [-0.15, -0.1) is 0 Å². The summed E-state index contributed by atoms with van der Waals surface area (Å²) in [6.07, 6.45) is 0. The molecule has 2 rings (SSSR count). The van der Waals surface area contributed by atoms with Crippen molar-refractivity contribution in [1.29, 1.82) is 0 Å². The predicted molar refractivity (Wildman–Crippen MR) is 90.5 cm³/mol. The quantitative estimate of drug-likeness (QED) is 0.671. The number of pyridine rings is 1. The van der Waals surface area contributed by atoms with E-state index in [0.717, 1.165) is 16.8 Å². The van der Waals surface area contributed by atoms with Gasteiger partial charge in [0, 0.05) is 24.1 Å². The zero-order valence-electron chi connectivity index (χ0n) is 13.3. The minimum atomic E-state index is -0.571. The van der Waals surface area contributed by atoms with Gasteiger partial charge in [0.05, 0.1) is 13.7 Å². The zero-order chi connectivity index (χ0) is 17.0. The lowest BCUT2D eigenvalue weighted by Gasteiger charge is -2.19. The molecule has 0 aliphatic rings. The Morgan fingerprint density at radius 2 is 2.04 bits per heavy atom. The number of esters is 1. The molecule has 1 atom stereocenters. The Labute approximate surface area is 140 Å². The van der Waals surface area contributed by atoms with Crippen LogP contribution in [0.15, 0.2) is 30.3 Å². The molecule has 1 unspecified atom stereocenters. The van der Waals surface area contributed by atoms with Crippen LogP contribution in [0.25, 0.3) is 11.1 Å². The average molecular weight is 335 g/mol. The summed E-state index contributed by atoms with van der Waals surface area (Å²) >= 11 is 6.30. The summed E-state index contributed by atoms with van der Waals surface area (Å²) in [6, 6.07) is 9.15. The Hall–Kier alpha value is -2.11. The van der Waals surface area contributed by atoms with Crippen LogP contribution < -0.4 is 5.73 Å². The molecule has 0 fully saturated rings. The molecule has 6 heteroatoms. The number of aryl methyl sites for hydroxylation is 1. The second kappa shape index (κ2) is 7.44. The van der Waals surface area contributed by atoms with E-state index in [2.05, 4.69) is 4.98 Å². The van der Waals surface area contributed by atoms with Crippen molar-refractivity contribution >= 4 is 23.3 Å². The van der Waals surface area contributed by atoms with Gasteiger partial charge in [0.15, 0.2) is 0 Å². The lowest BCUT2D eigenvalue weighted by atomic mass is 9.90. The first-order chi connectivity index (χ1) is 11.0. The van der Waals surface area contributed by atoms with E-state index in [-0.39, 0.29) is 12.6 Å². The molecule has 0 bridgehead atoms. The number of carbonyl (C=O) groups is 1. The SMILES string of the molecule is COCC(C(=O)OC)c1ccccc1-c1c(N)cc(C)nc1Cl. The smallest absolute Gasteiger partial charge is 0.315 e. The van der Waals surface area contributed by atoms with Crippen molar-refractivity contribution in [3.8, 4) is 11.1 Å². The molecule has 2 aromatic rings. The van der Waals surface area contributed by atoms with Crippen LogP contribution in [-0.4, -0.2) is 31.8 Å². The first-order valence-corrected chi connectivity index (χ1v) is 7.46. The first-order valence-electron chi connectivity index (χ1n) is 7.08. The molecule has 0 aliphatic heterocycles. The molecule has 5 nitrogen and oxygen atoms in total. The van der Waals surface area contributed by atoms with E-state index < -0.39 is 5.92 Å². The van der Waals surface area contributed by atoms with Gasteiger partial charge >= 0.3 is 5.97 Å². The number of nitrogens with zero attached hydrogens (tertiary/aromatic N) is 1. The van der Waals surface area contributed by atoms with Crippen LogP contribution in [0.4, 0.5) is 5.69 Å². The van der Waals surface area contributed by atoms with Gasteiger partial charge < -0.3 is 15.2 Å². The summed E-state index contributed by atoms with van der Waals surface area (Å²) in [5.41, 5.74) is 9.47. The van der Waals surface area contributed by atoms with Crippen LogP contribution in [0.1, 0.15) is 17.2 Å². The number of anilines is 1. The molecule has 1 aromatic heterocycles. The van der Waals surface area contributed by atoms with E-state index in [4.69, 9.17) is 26.8 Å². The molecule has 0 saturated carbocycles. The summed E-state index contributed by atoms with van der Waals surface area (Å²) < 4.78 is 10.1. The average Bonchev–Trinajstić information content (AvgIpc) is 2.51. The minimum absolute atomic E-state index is 0.195. The van der Waals surface area contributed by atoms with Gasteiger partial charge in [0.2, 0.25) is 0 Å². The second-order valence-electron chi connectivity index (χ2n) is 5.14. The molecule has 1 heterocycles. The predicted octanol–water partition coefficient (Wildman–Crippen LogP) is 3.20. The Kier molecular flexibility index (Phi) is 5.58. The van der Waals surface area contributed by atoms with Crippen molar-refractivity contribution in [3.05, 3.63) is 46.7 Å². The maximum Gasteiger partial charge on any atom is 0.315 e. The van der Waals surface area contributed by atoms with Crippen LogP contribution >= 0.6 is 11.6 Å². The van der Waals surface area contributed by atoms with E-state index >= 15 is 0 Å². The molecule has 23 heavy (non-hydrogen) atoms. The van der Waals surface area contributed by atoms with Crippen molar-refractivity contribution in [3.63, 3.8) is 0 Å². The summed E-state index contributed by atoms with van der Waals surface area (Å²) in [5.74, 6) is -0.952. The number of hydrogen-bond acceptors (Lipinski definition) is 5. The van der Waals surface area contributed by atoms with Crippen LogP contribution in [-0.2, 0) is 14.3 Å². The van der Waals surface area contributed by atoms with Crippen molar-refractivity contribution in [1.82, 2.24) is 4.98 Å². The summed E-state index contributed by atoms with van der Waals surface area (Å²) in [4.78, 5) is 16.4. The van der Waals surface area contributed by atoms with Crippen LogP contribution in [0.2, 0.25) is 5.15 Å². The number of aromatic nitrogens is 1. The topological polar surface area (TPSA) is 74.4 Å². The lowest BCUT2D eigenvalue weighted by Crippen LogP contribution is -2.20.